The predicted molar refractivity (Wildman–Crippen MR) is 142 cm³/mol. The van der Waals surface area contributed by atoms with Gasteiger partial charge in [-0.15, -0.1) is 0 Å². The highest BCUT2D eigenvalue weighted by Crippen LogP contribution is 2.52. The smallest absolute Gasteiger partial charge is 0.192 e. The second-order valence-corrected chi connectivity index (χ2v) is 17.1. The first kappa shape index (κ1) is 30.1. The van der Waals surface area contributed by atoms with E-state index in [0.717, 1.165) is 12.8 Å². The number of hydrogen-bond donors (Lipinski definition) is 2. The molecule has 1 rings (SSSR count). The van der Waals surface area contributed by atoms with Gasteiger partial charge in [0.05, 0.1) is 0 Å². The third kappa shape index (κ3) is 12.0. The van der Waals surface area contributed by atoms with Crippen LogP contribution in [0, 0.1) is 5.41 Å². The Morgan fingerprint density at radius 1 is 0.656 bits per heavy atom. The Morgan fingerprint density at radius 3 is 1.34 bits per heavy atom. The maximum absolute atomic E-state index is 8.90. The van der Waals surface area contributed by atoms with Gasteiger partial charge < -0.3 is 14.6 Å². The second kappa shape index (κ2) is 15.9. The molecule has 0 saturated heterocycles. The zero-order valence-electron chi connectivity index (χ0n) is 22.5. The van der Waals surface area contributed by atoms with E-state index in [0.29, 0.717) is 29.8 Å². The lowest BCUT2D eigenvalue weighted by atomic mass is 9.61. The largest absolute Gasteiger partial charge is 0.414 e. The summed E-state index contributed by atoms with van der Waals surface area (Å²) in [5.74, 6) is 0. The lowest BCUT2D eigenvalue weighted by Crippen LogP contribution is -2.51. The Kier molecular flexibility index (Phi) is 15.0. The molecule has 1 saturated carbocycles. The van der Waals surface area contributed by atoms with Crippen molar-refractivity contribution in [3.05, 3.63) is 0 Å². The summed E-state index contributed by atoms with van der Waals surface area (Å²) in [6, 6.07) is 0. The summed E-state index contributed by atoms with van der Waals surface area (Å²) in [6.07, 6.45) is 23.7. The quantitative estimate of drug-likeness (QED) is 0.139. The number of rotatable bonds is 20. The summed E-state index contributed by atoms with van der Waals surface area (Å²) in [6.45, 7) is 12.6. The van der Waals surface area contributed by atoms with Crippen LogP contribution in [0.25, 0.3) is 0 Å². The molecule has 0 radical (unpaired) electrons. The van der Waals surface area contributed by atoms with Gasteiger partial charge in [-0.1, -0.05) is 97.8 Å². The van der Waals surface area contributed by atoms with Crippen molar-refractivity contribution in [3.8, 4) is 0 Å². The average Bonchev–Trinajstić information content (AvgIpc) is 2.69. The van der Waals surface area contributed by atoms with Crippen molar-refractivity contribution in [2.45, 2.75) is 161 Å². The van der Waals surface area contributed by atoms with E-state index in [4.69, 9.17) is 14.6 Å². The zero-order chi connectivity index (χ0) is 23.9. The molecule has 0 aromatic heterocycles. The zero-order valence-corrected chi connectivity index (χ0v) is 23.5. The van der Waals surface area contributed by atoms with Crippen molar-refractivity contribution in [2.24, 2.45) is 5.41 Å². The van der Waals surface area contributed by atoms with Crippen LogP contribution in [0.5, 0.6) is 0 Å². The second-order valence-electron chi connectivity index (χ2n) is 12.3. The van der Waals surface area contributed by atoms with E-state index < -0.39 is 8.32 Å². The van der Waals surface area contributed by atoms with Gasteiger partial charge in [-0.05, 0) is 62.1 Å². The van der Waals surface area contributed by atoms with Gasteiger partial charge in [0.1, 0.15) is 0 Å². The standard InChI is InChI=1S/C28H58O3Si/c1-27(2,3)32(4,5)31-26-24-28(25-26,20-16-12-8-6-10-14-18-22-29)21-17-13-9-7-11-15-19-23-30/h26,29-30H,6-25H2,1-5H3. The van der Waals surface area contributed by atoms with Crippen molar-refractivity contribution in [2.75, 3.05) is 13.2 Å². The van der Waals surface area contributed by atoms with Gasteiger partial charge in [0.15, 0.2) is 8.32 Å². The van der Waals surface area contributed by atoms with E-state index in [1.54, 1.807) is 0 Å². The third-order valence-electron chi connectivity index (χ3n) is 8.32. The molecule has 0 spiro atoms. The highest BCUT2D eigenvalue weighted by Gasteiger charge is 2.48. The van der Waals surface area contributed by atoms with Crippen molar-refractivity contribution >= 4 is 8.32 Å². The van der Waals surface area contributed by atoms with Crippen molar-refractivity contribution in [3.63, 3.8) is 0 Å². The van der Waals surface area contributed by atoms with E-state index in [1.165, 1.54) is 103 Å². The molecule has 192 valence electrons. The molecule has 3 nitrogen and oxygen atoms in total. The molecule has 32 heavy (non-hydrogen) atoms. The van der Waals surface area contributed by atoms with Crippen molar-refractivity contribution in [1.29, 1.82) is 0 Å². The summed E-state index contributed by atoms with van der Waals surface area (Å²) in [5.41, 5.74) is 0.556. The minimum Gasteiger partial charge on any atom is -0.414 e. The molecule has 0 bridgehead atoms. The number of unbranched alkanes of at least 4 members (excludes halogenated alkanes) is 12. The van der Waals surface area contributed by atoms with Gasteiger partial charge in [0.25, 0.3) is 0 Å². The molecule has 0 aliphatic heterocycles. The average molecular weight is 471 g/mol. The fraction of sp³-hybridized carbons (Fsp3) is 1.00. The first-order valence-corrected chi connectivity index (χ1v) is 17.0. The van der Waals surface area contributed by atoms with Crippen LogP contribution in [0.2, 0.25) is 18.1 Å². The Labute approximate surface area is 202 Å². The molecular formula is C28H58O3Si. The number of aliphatic hydroxyl groups excluding tert-OH is 2. The van der Waals surface area contributed by atoms with Crippen LogP contribution >= 0.6 is 0 Å². The molecule has 0 atom stereocenters. The van der Waals surface area contributed by atoms with Crippen LogP contribution in [-0.4, -0.2) is 37.8 Å². The van der Waals surface area contributed by atoms with Crippen LogP contribution in [0.15, 0.2) is 0 Å². The van der Waals surface area contributed by atoms with Gasteiger partial charge in [0.2, 0.25) is 0 Å². The van der Waals surface area contributed by atoms with Gasteiger partial charge in [-0.2, -0.15) is 0 Å². The molecule has 4 heteroatoms. The van der Waals surface area contributed by atoms with Crippen LogP contribution in [0.4, 0.5) is 0 Å². The molecule has 0 amide bonds. The van der Waals surface area contributed by atoms with E-state index in [-0.39, 0.29) is 0 Å². The molecule has 1 aliphatic carbocycles. The Hall–Kier alpha value is 0.0969. The molecule has 1 fully saturated rings. The normalized spacial score (nSPS) is 17.0. The van der Waals surface area contributed by atoms with Gasteiger partial charge in [-0.3, -0.25) is 0 Å². The molecule has 0 heterocycles. The monoisotopic (exact) mass is 470 g/mol. The molecule has 2 N–H and O–H groups in total. The molecule has 0 aromatic carbocycles. The maximum Gasteiger partial charge on any atom is 0.192 e. The van der Waals surface area contributed by atoms with Gasteiger partial charge in [-0.25, -0.2) is 0 Å². The lowest BCUT2D eigenvalue weighted by molar-refractivity contribution is -0.0374. The number of hydrogen-bond acceptors (Lipinski definition) is 3. The minimum absolute atomic E-state index is 0.303. The van der Waals surface area contributed by atoms with Crippen LogP contribution in [0.3, 0.4) is 0 Å². The van der Waals surface area contributed by atoms with E-state index >= 15 is 0 Å². The van der Waals surface area contributed by atoms with Gasteiger partial charge in [0, 0.05) is 19.3 Å². The Bertz CT molecular complexity index is 430. The van der Waals surface area contributed by atoms with E-state index in [1.807, 2.05) is 0 Å². The number of aliphatic hydroxyl groups is 2. The predicted octanol–water partition coefficient (Wildman–Crippen LogP) is 8.38. The summed E-state index contributed by atoms with van der Waals surface area (Å²) >= 11 is 0. The van der Waals surface area contributed by atoms with Gasteiger partial charge >= 0.3 is 0 Å². The van der Waals surface area contributed by atoms with E-state index in [9.17, 15) is 0 Å². The fourth-order valence-corrected chi connectivity index (χ4v) is 6.46. The first-order valence-electron chi connectivity index (χ1n) is 14.1. The highest BCUT2D eigenvalue weighted by atomic mass is 28.4. The van der Waals surface area contributed by atoms with Crippen LogP contribution in [0.1, 0.15) is 136 Å². The van der Waals surface area contributed by atoms with Crippen LogP contribution < -0.4 is 0 Å². The minimum atomic E-state index is -1.66. The first-order chi connectivity index (χ1) is 15.2. The Morgan fingerprint density at radius 2 is 1.00 bits per heavy atom. The highest BCUT2D eigenvalue weighted by molar-refractivity contribution is 6.74. The van der Waals surface area contributed by atoms with Crippen molar-refractivity contribution < 1.29 is 14.6 Å². The van der Waals surface area contributed by atoms with E-state index in [2.05, 4.69) is 33.9 Å². The topological polar surface area (TPSA) is 49.7 Å². The molecule has 1 aliphatic rings. The third-order valence-corrected chi connectivity index (χ3v) is 12.9. The summed E-state index contributed by atoms with van der Waals surface area (Å²) in [7, 11) is -1.66. The molecule has 0 unspecified atom stereocenters. The Balaban J connectivity index is 2.36. The fourth-order valence-electron chi connectivity index (χ4n) is 5.11. The lowest BCUT2D eigenvalue weighted by Gasteiger charge is -2.52. The summed E-state index contributed by atoms with van der Waals surface area (Å²) in [5, 5.41) is 18.1. The maximum atomic E-state index is 8.90. The summed E-state index contributed by atoms with van der Waals surface area (Å²) < 4.78 is 6.76. The summed E-state index contributed by atoms with van der Waals surface area (Å²) in [4.78, 5) is 0. The molecule has 0 aromatic rings. The SMILES string of the molecule is CC(C)(C)[Si](C)(C)OC1CC(CCCCCCCCCO)(CCCCCCCCCO)C1. The van der Waals surface area contributed by atoms with Crippen LogP contribution in [-0.2, 0) is 4.43 Å². The van der Waals surface area contributed by atoms with Crippen molar-refractivity contribution in [1.82, 2.24) is 0 Å². The molecular weight excluding hydrogens is 412 g/mol.